The first-order chi connectivity index (χ1) is 9.45. The molecule has 3 nitrogen and oxygen atoms in total. The molecule has 0 saturated carbocycles. The van der Waals surface area contributed by atoms with Crippen molar-refractivity contribution >= 4 is 31.6 Å². The lowest BCUT2D eigenvalue weighted by molar-refractivity contribution is 0.592. The Labute approximate surface area is 128 Å². The molecular formula is C15H16BrNO2S. The molecule has 0 fully saturated rings. The van der Waals surface area contributed by atoms with Gasteiger partial charge in [0.1, 0.15) is 0 Å². The molecule has 0 atom stereocenters. The summed E-state index contributed by atoms with van der Waals surface area (Å²) in [6, 6.07) is 14.2. The summed E-state index contributed by atoms with van der Waals surface area (Å²) in [6.07, 6.45) is 0. The maximum atomic E-state index is 12.7. The van der Waals surface area contributed by atoms with Crippen molar-refractivity contribution in [1.29, 1.82) is 0 Å². The van der Waals surface area contributed by atoms with Crippen LogP contribution in [0, 0.1) is 6.92 Å². The molecule has 106 valence electrons. The number of benzene rings is 2. The Morgan fingerprint density at radius 2 is 1.75 bits per heavy atom. The van der Waals surface area contributed by atoms with Gasteiger partial charge in [-0.1, -0.05) is 28.1 Å². The molecular weight excluding hydrogens is 338 g/mol. The zero-order valence-corrected chi connectivity index (χ0v) is 13.8. The van der Waals surface area contributed by atoms with Gasteiger partial charge in [-0.15, -0.1) is 0 Å². The fourth-order valence-corrected chi connectivity index (χ4v) is 3.74. The average Bonchev–Trinajstić information content (AvgIpc) is 2.40. The van der Waals surface area contributed by atoms with E-state index in [9.17, 15) is 8.42 Å². The Morgan fingerprint density at radius 1 is 1.10 bits per heavy atom. The minimum absolute atomic E-state index is 0.295. The van der Waals surface area contributed by atoms with E-state index in [4.69, 9.17) is 0 Å². The number of halogens is 1. The highest BCUT2D eigenvalue weighted by Gasteiger charge is 2.23. The van der Waals surface area contributed by atoms with Gasteiger partial charge in [-0.2, -0.15) is 0 Å². The van der Waals surface area contributed by atoms with E-state index in [2.05, 4.69) is 15.9 Å². The van der Waals surface area contributed by atoms with Gasteiger partial charge in [-0.3, -0.25) is 4.31 Å². The van der Waals surface area contributed by atoms with Crippen LogP contribution in [0.3, 0.4) is 0 Å². The van der Waals surface area contributed by atoms with E-state index in [1.807, 2.05) is 38.1 Å². The second-order valence-electron chi connectivity index (χ2n) is 4.46. The standard InChI is InChI=1S/C15H16BrNO2S/c1-3-17(14-6-4-5-12(2)11-14)20(18,19)15-9-7-13(16)8-10-15/h4-11H,3H2,1-2H3. The van der Waals surface area contributed by atoms with E-state index < -0.39 is 10.0 Å². The summed E-state index contributed by atoms with van der Waals surface area (Å²) in [5, 5.41) is 0. The van der Waals surface area contributed by atoms with Gasteiger partial charge in [0, 0.05) is 11.0 Å². The summed E-state index contributed by atoms with van der Waals surface area (Å²) < 4.78 is 27.7. The van der Waals surface area contributed by atoms with Gasteiger partial charge in [-0.25, -0.2) is 8.42 Å². The molecule has 0 aliphatic heterocycles. The Kier molecular flexibility index (Phi) is 4.50. The van der Waals surface area contributed by atoms with Crippen molar-refractivity contribution < 1.29 is 8.42 Å². The van der Waals surface area contributed by atoms with Crippen LogP contribution in [0.2, 0.25) is 0 Å². The van der Waals surface area contributed by atoms with Crippen LogP contribution in [0.25, 0.3) is 0 Å². The summed E-state index contributed by atoms with van der Waals surface area (Å²) in [4.78, 5) is 0.295. The highest BCUT2D eigenvalue weighted by atomic mass is 79.9. The second kappa shape index (κ2) is 5.97. The van der Waals surface area contributed by atoms with E-state index in [0.717, 1.165) is 10.0 Å². The van der Waals surface area contributed by atoms with Crippen molar-refractivity contribution in [2.75, 3.05) is 10.8 Å². The second-order valence-corrected chi connectivity index (χ2v) is 7.24. The minimum atomic E-state index is -3.53. The van der Waals surface area contributed by atoms with Crippen molar-refractivity contribution in [3.63, 3.8) is 0 Å². The first-order valence-corrected chi connectivity index (χ1v) is 8.53. The van der Waals surface area contributed by atoms with Crippen LogP contribution in [-0.4, -0.2) is 15.0 Å². The molecule has 0 unspecified atom stereocenters. The molecule has 0 aliphatic rings. The third-order valence-corrected chi connectivity index (χ3v) is 5.42. The highest BCUT2D eigenvalue weighted by molar-refractivity contribution is 9.10. The zero-order valence-electron chi connectivity index (χ0n) is 11.4. The zero-order chi connectivity index (χ0) is 14.8. The lowest BCUT2D eigenvalue weighted by Gasteiger charge is -2.23. The number of sulfonamides is 1. The molecule has 0 amide bonds. The van der Waals surface area contributed by atoms with Crippen LogP contribution in [0.4, 0.5) is 5.69 Å². The van der Waals surface area contributed by atoms with Crippen LogP contribution in [-0.2, 0) is 10.0 Å². The van der Waals surface area contributed by atoms with E-state index in [-0.39, 0.29) is 0 Å². The van der Waals surface area contributed by atoms with E-state index in [1.165, 1.54) is 4.31 Å². The molecule has 0 N–H and O–H groups in total. The summed E-state index contributed by atoms with van der Waals surface area (Å²) in [7, 11) is -3.53. The van der Waals surface area contributed by atoms with Crippen molar-refractivity contribution in [2.24, 2.45) is 0 Å². The first kappa shape index (κ1) is 15.1. The predicted molar refractivity (Wildman–Crippen MR) is 85.5 cm³/mol. The number of aryl methyl sites for hydroxylation is 1. The van der Waals surface area contributed by atoms with Crippen molar-refractivity contribution in [1.82, 2.24) is 0 Å². The van der Waals surface area contributed by atoms with Gasteiger partial charge >= 0.3 is 0 Å². The number of rotatable bonds is 4. The van der Waals surface area contributed by atoms with Gasteiger partial charge in [0.2, 0.25) is 0 Å². The molecule has 5 heteroatoms. The smallest absolute Gasteiger partial charge is 0.264 e. The van der Waals surface area contributed by atoms with E-state index in [0.29, 0.717) is 17.1 Å². The fraction of sp³-hybridized carbons (Fsp3) is 0.200. The highest BCUT2D eigenvalue weighted by Crippen LogP contribution is 2.25. The van der Waals surface area contributed by atoms with Gasteiger partial charge in [-0.05, 0) is 55.8 Å². The molecule has 0 aliphatic carbocycles. The molecule has 0 radical (unpaired) electrons. The van der Waals surface area contributed by atoms with Crippen LogP contribution < -0.4 is 4.31 Å². The predicted octanol–water partition coefficient (Wildman–Crippen LogP) is 3.97. The molecule has 0 bridgehead atoms. The van der Waals surface area contributed by atoms with Gasteiger partial charge in [0.15, 0.2) is 0 Å². The summed E-state index contributed by atoms with van der Waals surface area (Å²) >= 11 is 3.31. The number of hydrogen-bond donors (Lipinski definition) is 0. The van der Waals surface area contributed by atoms with Crippen molar-refractivity contribution in [3.05, 3.63) is 58.6 Å². The Morgan fingerprint density at radius 3 is 2.30 bits per heavy atom. The molecule has 20 heavy (non-hydrogen) atoms. The quantitative estimate of drug-likeness (QED) is 0.833. The van der Waals surface area contributed by atoms with Crippen LogP contribution in [0.5, 0.6) is 0 Å². The third kappa shape index (κ3) is 3.04. The minimum Gasteiger partial charge on any atom is -0.267 e. The Hall–Kier alpha value is -1.33. The van der Waals surface area contributed by atoms with E-state index in [1.54, 1.807) is 24.3 Å². The summed E-state index contributed by atoms with van der Waals surface area (Å²) in [6.45, 7) is 4.17. The fourth-order valence-electron chi connectivity index (χ4n) is 2.01. The molecule has 0 aromatic heterocycles. The molecule has 0 saturated heterocycles. The monoisotopic (exact) mass is 353 g/mol. The van der Waals surface area contributed by atoms with Crippen LogP contribution in [0.1, 0.15) is 12.5 Å². The summed E-state index contributed by atoms with van der Waals surface area (Å²) in [5.41, 5.74) is 1.72. The van der Waals surface area contributed by atoms with Crippen molar-refractivity contribution in [3.8, 4) is 0 Å². The normalized spacial score (nSPS) is 11.3. The first-order valence-electron chi connectivity index (χ1n) is 6.30. The average molecular weight is 354 g/mol. The number of anilines is 1. The molecule has 2 rings (SSSR count). The summed E-state index contributed by atoms with van der Waals surface area (Å²) in [5.74, 6) is 0. The lowest BCUT2D eigenvalue weighted by Crippen LogP contribution is -2.30. The molecule has 0 heterocycles. The lowest BCUT2D eigenvalue weighted by atomic mass is 10.2. The maximum Gasteiger partial charge on any atom is 0.264 e. The third-order valence-electron chi connectivity index (χ3n) is 2.98. The Balaban J connectivity index is 2.47. The van der Waals surface area contributed by atoms with Gasteiger partial charge in [0.25, 0.3) is 10.0 Å². The molecule has 2 aromatic carbocycles. The molecule has 2 aromatic rings. The van der Waals surface area contributed by atoms with Crippen LogP contribution in [0.15, 0.2) is 57.9 Å². The topological polar surface area (TPSA) is 37.4 Å². The number of hydrogen-bond acceptors (Lipinski definition) is 2. The van der Waals surface area contributed by atoms with Crippen LogP contribution >= 0.6 is 15.9 Å². The van der Waals surface area contributed by atoms with E-state index >= 15 is 0 Å². The SMILES string of the molecule is CCN(c1cccc(C)c1)S(=O)(=O)c1ccc(Br)cc1. The maximum absolute atomic E-state index is 12.7. The largest absolute Gasteiger partial charge is 0.267 e. The van der Waals surface area contributed by atoms with Gasteiger partial charge in [0.05, 0.1) is 10.6 Å². The van der Waals surface area contributed by atoms with Crippen molar-refractivity contribution in [2.45, 2.75) is 18.7 Å². The Bertz CT molecular complexity index is 696. The molecule has 0 spiro atoms. The number of nitrogens with zero attached hydrogens (tertiary/aromatic N) is 1. The van der Waals surface area contributed by atoms with Gasteiger partial charge < -0.3 is 0 Å².